The van der Waals surface area contributed by atoms with E-state index in [1.807, 2.05) is 38.1 Å². The number of rotatable bonds is 6. The fourth-order valence-corrected chi connectivity index (χ4v) is 4.74. The molecule has 1 aliphatic heterocycles. The normalized spacial score (nSPS) is 16.5. The van der Waals surface area contributed by atoms with Crippen LogP contribution in [0.25, 0.3) is 0 Å². The zero-order chi connectivity index (χ0) is 20.1. The Morgan fingerprint density at radius 1 is 1.11 bits per heavy atom. The molecule has 28 heavy (non-hydrogen) atoms. The fraction of sp³-hybridized carbons (Fsp3) is 0.381. The van der Waals surface area contributed by atoms with E-state index >= 15 is 0 Å². The molecular weight excluding hydrogens is 376 g/mol. The molecule has 0 aliphatic carbocycles. The van der Waals surface area contributed by atoms with Crippen LogP contribution in [0.15, 0.2) is 53.4 Å². The van der Waals surface area contributed by atoms with Crippen LogP contribution in [0.4, 0.5) is 0 Å². The quantitative estimate of drug-likeness (QED) is 0.806. The molecule has 150 valence electrons. The van der Waals surface area contributed by atoms with Crippen LogP contribution < -0.4 is 5.32 Å². The van der Waals surface area contributed by atoms with Gasteiger partial charge < -0.3 is 10.1 Å². The molecule has 1 N–H and O–H groups in total. The summed E-state index contributed by atoms with van der Waals surface area (Å²) in [6, 6.07) is 14.0. The average Bonchev–Trinajstić information content (AvgIpc) is 2.73. The third-order valence-corrected chi connectivity index (χ3v) is 6.91. The summed E-state index contributed by atoms with van der Waals surface area (Å²) < 4.78 is 32.0. The molecule has 0 radical (unpaired) electrons. The minimum absolute atomic E-state index is 0.0922. The van der Waals surface area contributed by atoms with Crippen molar-refractivity contribution in [2.24, 2.45) is 0 Å². The molecule has 1 aliphatic rings. The van der Waals surface area contributed by atoms with Gasteiger partial charge in [-0.2, -0.15) is 4.31 Å². The van der Waals surface area contributed by atoms with Crippen molar-refractivity contribution in [1.82, 2.24) is 9.62 Å². The third-order valence-electron chi connectivity index (χ3n) is 5.00. The first-order chi connectivity index (χ1) is 13.4. The minimum atomic E-state index is -3.56. The first-order valence-corrected chi connectivity index (χ1v) is 10.9. The highest BCUT2D eigenvalue weighted by Gasteiger charge is 2.26. The molecule has 0 saturated carbocycles. The van der Waals surface area contributed by atoms with Gasteiger partial charge in [0.1, 0.15) is 0 Å². The molecule has 1 amide bonds. The van der Waals surface area contributed by atoms with Gasteiger partial charge in [0.2, 0.25) is 10.0 Å². The minimum Gasteiger partial charge on any atom is -0.379 e. The Kier molecular flexibility index (Phi) is 6.49. The highest BCUT2D eigenvalue weighted by atomic mass is 32.2. The van der Waals surface area contributed by atoms with Gasteiger partial charge in [-0.1, -0.05) is 31.2 Å². The Morgan fingerprint density at radius 2 is 1.75 bits per heavy atom. The predicted molar refractivity (Wildman–Crippen MR) is 108 cm³/mol. The number of carbonyl (C=O) groups excluding carboxylic acids is 1. The third kappa shape index (κ3) is 4.43. The van der Waals surface area contributed by atoms with Crippen LogP contribution in [0.5, 0.6) is 0 Å². The highest BCUT2D eigenvalue weighted by molar-refractivity contribution is 7.89. The largest absolute Gasteiger partial charge is 0.379 e. The second kappa shape index (κ2) is 8.86. The van der Waals surface area contributed by atoms with Crippen molar-refractivity contribution in [3.8, 4) is 0 Å². The summed E-state index contributed by atoms with van der Waals surface area (Å²) in [5.41, 5.74) is 2.65. The van der Waals surface area contributed by atoms with Gasteiger partial charge in [0.15, 0.2) is 0 Å². The number of aryl methyl sites for hydroxylation is 1. The molecule has 0 bridgehead atoms. The van der Waals surface area contributed by atoms with Gasteiger partial charge in [0, 0.05) is 18.7 Å². The first-order valence-electron chi connectivity index (χ1n) is 9.48. The highest BCUT2D eigenvalue weighted by Crippen LogP contribution is 2.22. The van der Waals surface area contributed by atoms with Crippen molar-refractivity contribution >= 4 is 15.9 Å². The van der Waals surface area contributed by atoms with Crippen molar-refractivity contribution in [3.05, 3.63) is 65.2 Å². The van der Waals surface area contributed by atoms with E-state index in [0.717, 1.165) is 17.5 Å². The van der Waals surface area contributed by atoms with E-state index in [4.69, 9.17) is 4.74 Å². The molecular formula is C21H26N2O4S. The zero-order valence-electron chi connectivity index (χ0n) is 16.2. The van der Waals surface area contributed by atoms with E-state index in [-0.39, 0.29) is 16.8 Å². The smallest absolute Gasteiger partial charge is 0.251 e. The number of benzene rings is 2. The van der Waals surface area contributed by atoms with Crippen LogP contribution in [0.2, 0.25) is 0 Å². The molecule has 2 aromatic rings. The summed E-state index contributed by atoms with van der Waals surface area (Å²) >= 11 is 0. The Hall–Kier alpha value is -2.22. The van der Waals surface area contributed by atoms with E-state index in [1.54, 1.807) is 12.1 Å². The molecule has 2 aromatic carbocycles. The molecule has 6 nitrogen and oxygen atoms in total. The number of hydrogen-bond donors (Lipinski definition) is 1. The summed E-state index contributed by atoms with van der Waals surface area (Å²) in [6.07, 6.45) is 0.764. The van der Waals surface area contributed by atoms with Crippen molar-refractivity contribution in [2.45, 2.75) is 31.2 Å². The molecule has 3 rings (SSSR count). The van der Waals surface area contributed by atoms with Crippen LogP contribution in [0.3, 0.4) is 0 Å². The predicted octanol–water partition coefficient (Wildman–Crippen LogP) is 2.90. The fourth-order valence-electron chi connectivity index (χ4n) is 3.33. The molecule has 7 heteroatoms. The van der Waals surface area contributed by atoms with Crippen LogP contribution in [-0.2, 0) is 14.8 Å². The van der Waals surface area contributed by atoms with Gasteiger partial charge in [0.05, 0.1) is 24.2 Å². The summed E-state index contributed by atoms with van der Waals surface area (Å²) in [5, 5.41) is 3.05. The second-order valence-corrected chi connectivity index (χ2v) is 8.77. The van der Waals surface area contributed by atoms with E-state index in [1.165, 1.54) is 16.4 Å². The van der Waals surface area contributed by atoms with Crippen molar-refractivity contribution in [2.75, 3.05) is 26.3 Å². The van der Waals surface area contributed by atoms with Gasteiger partial charge in [-0.15, -0.1) is 0 Å². The van der Waals surface area contributed by atoms with E-state index < -0.39 is 10.0 Å². The van der Waals surface area contributed by atoms with Gasteiger partial charge in [-0.05, 0) is 48.7 Å². The van der Waals surface area contributed by atoms with E-state index in [9.17, 15) is 13.2 Å². The van der Waals surface area contributed by atoms with Gasteiger partial charge in [-0.3, -0.25) is 4.79 Å². The number of amides is 1. The van der Waals surface area contributed by atoms with Gasteiger partial charge in [0.25, 0.3) is 5.91 Å². The maximum Gasteiger partial charge on any atom is 0.251 e. The molecule has 1 fully saturated rings. The number of ether oxygens (including phenoxy) is 1. The summed E-state index contributed by atoms with van der Waals surface area (Å²) in [4.78, 5) is 12.9. The van der Waals surface area contributed by atoms with E-state index in [2.05, 4.69) is 5.32 Å². The second-order valence-electron chi connectivity index (χ2n) is 6.83. The van der Waals surface area contributed by atoms with Crippen LogP contribution in [-0.4, -0.2) is 44.9 Å². The van der Waals surface area contributed by atoms with E-state index in [0.29, 0.717) is 31.9 Å². The Labute approximate surface area is 166 Å². The molecule has 0 unspecified atom stereocenters. The van der Waals surface area contributed by atoms with Crippen molar-refractivity contribution < 1.29 is 17.9 Å². The lowest BCUT2D eigenvalue weighted by Gasteiger charge is -2.26. The molecule has 1 atom stereocenters. The van der Waals surface area contributed by atoms with Crippen molar-refractivity contribution in [3.63, 3.8) is 0 Å². The average molecular weight is 403 g/mol. The zero-order valence-corrected chi connectivity index (χ0v) is 17.0. The lowest BCUT2D eigenvalue weighted by molar-refractivity contribution is 0.0730. The Balaban J connectivity index is 1.74. The lowest BCUT2D eigenvalue weighted by atomic mass is 9.99. The number of carbonyl (C=O) groups is 1. The van der Waals surface area contributed by atoms with Gasteiger partial charge >= 0.3 is 0 Å². The number of morpholine rings is 1. The monoisotopic (exact) mass is 402 g/mol. The molecule has 0 aromatic heterocycles. The summed E-state index contributed by atoms with van der Waals surface area (Å²) in [5.74, 6) is -0.217. The van der Waals surface area contributed by atoms with Crippen LogP contribution in [0.1, 0.15) is 40.9 Å². The number of nitrogens with one attached hydrogen (secondary N) is 1. The molecule has 1 saturated heterocycles. The summed E-state index contributed by atoms with van der Waals surface area (Å²) in [7, 11) is -3.56. The van der Waals surface area contributed by atoms with Crippen molar-refractivity contribution in [1.29, 1.82) is 0 Å². The maximum atomic E-state index is 12.7. The van der Waals surface area contributed by atoms with Crippen LogP contribution in [0, 0.1) is 6.92 Å². The lowest BCUT2D eigenvalue weighted by Crippen LogP contribution is -2.40. The Bertz CT molecular complexity index is 920. The maximum absolute atomic E-state index is 12.7. The first kappa shape index (κ1) is 20.5. The number of sulfonamides is 1. The number of hydrogen-bond acceptors (Lipinski definition) is 4. The van der Waals surface area contributed by atoms with Crippen LogP contribution >= 0.6 is 0 Å². The SMILES string of the molecule is CC[C@H](NC(=O)c1ccc(S(=O)(=O)N2CCOCC2)cc1)c1ccccc1C. The standard InChI is InChI=1S/C21H26N2O4S/c1-3-20(19-7-5-4-6-16(19)2)22-21(24)17-8-10-18(11-9-17)28(25,26)23-12-14-27-15-13-23/h4-11,20H,3,12-15H2,1-2H3,(H,22,24)/t20-/m0/s1. The number of nitrogens with zero attached hydrogens (tertiary/aromatic N) is 1. The topological polar surface area (TPSA) is 75.7 Å². The Morgan fingerprint density at radius 3 is 2.36 bits per heavy atom. The molecule has 1 heterocycles. The summed E-state index contributed by atoms with van der Waals surface area (Å²) in [6.45, 7) is 5.54. The van der Waals surface area contributed by atoms with Gasteiger partial charge in [-0.25, -0.2) is 8.42 Å². The molecule has 0 spiro atoms.